The zero-order chi connectivity index (χ0) is 19.8. The van der Waals surface area contributed by atoms with Crippen LogP contribution >= 0.6 is 0 Å². The van der Waals surface area contributed by atoms with E-state index in [0.717, 1.165) is 48.0 Å². The first-order chi connectivity index (χ1) is 14.2. The Bertz CT molecular complexity index is 1030. The van der Waals surface area contributed by atoms with Gasteiger partial charge in [-0.3, -0.25) is 4.79 Å². The number of carbonyl (C=O) groups is 1. The summed E-state index contributed by atoms with van der Waals surface area (Å²) in [6.45, 7) is 4.02. The molecule has 0 bridgehead atoms. The maximum atomic E-state index is 13.0. The van der Waals surface area contributed by atoms with E-state index in [2.05, 4.69) is 9.88 Å². The molecule has 3 aromatic rings. The van der Waals surface area contributed by atoms with Crippen LogP contribution in [0.5, 0.6) is 5.75 Å². The van der Waals surface area contributed by atoms with E-state index in [4.69, 9.17) is 9.15 Å². The summed E-state index contributed by atoms with van der Waals surface area (Å²) in [5.41, 5.74) is 1.30. The highest BCUT2D eigenvalue weighted by Crippen LogP contribution is 2.27. The van der Waals surface area contributed by atoms with Gasteiger partial charge in [0, 0.05) is 36.0 Å². The summed E-state index contributed by atoms with van der Waals surface area (Å²) in [4.78, 5) is 22.2. The Morgan fingerprint density at radius 3 is 2.59 bits per heavy atom. The monoisotopic (exact) mass is 393 g/mol. The highest BCUT2D eigenvalue weighted by atomic mass is 16.5. The average molecular weight is 393 g/mol. The second-order valence-corrected chi connectivity index (χ2v) is 8.17. The predicted octanol–water partition coefficient (Wildman–Crippen LogP) is 4.08. The quantitative estimate of drug-likeness (QED) is 0.671. The standard InChI is InChI=1S/C23H27N3O3/c1-28-19-6-5-16-13-17-14-21(29-22(17)24-20(16)15-19)23(27)26-11-7-18(8-12-26)25-9-3-2-4-10-25/h5-6,13-15,18H,2-4,7-12H2,1H3. The number of aromatic nitrogens is 1. The number of nitrogens with zero attached hydrogens (tertiary/aromatic N) is 3. The van der Waals surface area contributed by atoms with Crippen molar-refractivity contribution >= 4 is 27.9 Å². The van der Waals surface area contributed by atoms with Crippen molar-refractivity contribution in [3.8, 4) is 5.75 Å². The smallest absolute Gasteiger partial charge is 0.289 e. The largest absolute Gasteiger partial charge is 0.497 e. The van der Waals surface area contributed by atoms with E-state index in [1.807, 2.05) is 35.2 Å². The lowest BCUT2D eigenvalue weighted by Gasteiger charge is -2.40. The number of pyridine rings is 1. The molecule has 2 fully saturated rings. The van der Waals surface area contributed by atoms with Gasteiger partial charge in [-0.25, -0.2) is 4.98 Å². The summed E-state index contributed by atoms with van der Waals surface area (Å²) >= 11 is 0. The highest BCUT2D eigenvalue weighted by Gasteiger charge is 2.29. The number of hydrogen-bond acceptors (Lipinski definition) is 5. The van der Waals surface area contributed by atoms with Gasteiger partial charge in [0.2, 0.25) is 5.71 Å². The van der Waals surface area contributed by atoms with Gasteiger partial charge in [0.25, 0.3) is 5.91 Å². The summed E-state index contributed by atoms with van der Waals surface area (Å²) in [7, 11) is 1.64. The lowest BCUT2D eigenvalue weighted by molar-refractivity contribution is 0.0564. The maximum absolute atomic E-state index is 13.0. The molecule has 152 valence electrons. The van der Waals surface area contributed by atoms with Crippen molar-refractivity contribution in [2.75, 3.05) is 33.3 Å². The number of ether oxygens (including phenoxy) is 1. The summed E-state index contributed by atoms with van der Waals surface area (Å²) in [5.74, 6) is 1.11. The molecule has 6 heteroatoms. The van der Waals surface area contributed by atoms with Crippen molar-refractivity contribution in [3.05, 3.63) is 36.1 Å². The third-order valence-electron chi connectivity index (χ3n) is 6.38. The Labute approximate surface area is 170 Å². The van der Waals surface area contributed by atoms with E-state index < -0.39 is 0 Å². The summed E-state index contributed by atoms with van der Waals surface area (Å²) in [6, 6.07) is 10.2. The molecule has 2 aromatic heterocycles. The number of piperidine rings is 2. The molecule has 0 N–H and O–H groups in total. The van der Waals surface area contributed by atoms with Gasteiger partial charge in [0.05, 0.1) is 12.6 Å². The van der Waals surface area contributed by atoms with Crippen LogP contribution in [0.15, 0.2) is 34.7 Å². The Morgan fingerprint density at radius 1 is 1.03 bits per heavy atom. The molecule has 0 aliphatic carbocycles. The molecule has 0 atom stereocenters. The van der Waals surface area contributed by atoms with Gasteiger partial charge in [0.1, 0.15) is 5.75 Å². The van der Waals surface area contributed by atoms with E-state index in [-0.39, 0.29) is 5.91 Å². The number of carbonyl (C=O) groups excluding carboxylic acids is 1. The van der Waals surface area contributed by atoms with Crippen molar-refractivity contribution in [1.29, 1.82) is 0 Å². The second-order valence-electron chi connectivity index (χ2n) is 8.17. The fourth-order valence-electron chi connectivity index (χ4n) is 4.71. The van der Waals surface area contributed by atoms with E-state index in [1.165, 1.54) is 32.4 Å². The zero-order valence-corrected chi connectivity index (χ0v) is 16.9. The Balaban J connectivity index is 1.32. The molecule has 5 rings (SSSR count). The first-order valence-electron chi connectivity index (χ1n) is 10.6. The van der Waals surface area contributed by atoms with E-state index in [9.17, 15) is 4.79 Å². The van der Waals surface area contributed by atoms with E-state index in [1.54, 1.807) is 7.11 Å². The summed E-state index contributed by atoms with van der Waals surface area (Å²) < 4.78 is 11.1. The molecule has 29 heavy (non-hydrogen) atoms. The second kappa shape index (κ2) is 7.67. The van der Waals surface area contributed by atoms with Crippen LogP contribution < -0.4 is 4.74 Å². The number of likely N-dealkylation sites (tertiary alicyclic amines) is 2. The Hall–Kier alpha value is -2.60. The van der Waals surface area contributed by atoms with Gasteiger partial charge in [-0.1, -0.05) is 6.42 Å². The molecule has 2 aliphatic rings. The number of fused-ring (bicyclic) bond motifs is 2. The van der Waals surface area contributed by atoms with Crippen molar-refractivity contribution in [3.63, 3.8) is 0 Å². The fourth-order valence-corrected chi connectivity index (χ4v) is 4.71. The topological polar surface area (TPSA) is 58.8 Å². The van der Waals surface area contributed by atoms with Crippen LogP contribution in [0.2, 0.25) is 0 Å². The van der Waals surface area contributed by atoms with Crippen LogP contribution in [-0.2, 0) is 0 Å². The molecule has 6 nitrogen and oxygen atoms in total. The molecular formula is C23H27N3O3. The van der Waals surface area contributed by atoms with E-state index >= 15 is 0 Å². The summed E-state index contributed by atoms with van der Waals surface area (Å²) in [5, 5.41) is 1.86. The van der Waals surface area contributed by atoms with Crippen LogP contribution in [0.4, 0.5) is 0 Å². The van der Waals surface area contributed by atoms with Crippen molar-refractivity contribution in [1.82, 2.24) is 14.8 Å². The van der Waals surface area contributed by atoms with Crippen LogP contribution in [0.25, 0.3) is 22.0 Å². The van der Waals surface area contributed by atoms with Crippen LogP contribution in [0.3, 0.4) is 0 Å². The minimum atomic E-state index is -0.0262. The number of rotatable bonds is 3. The minimum absolute atomic E-state index is 0.0262. The number of amides is 1. The SMILES string of the molecule is COc1ccc2cc3cc(C(=O)N4CCC(N5CCCCC5)CC4)oc3nc2c1. The van der Waals surface area contributed by atoms with Crippen LogP contribution in [0.1, 0.15) is 42.7 Å². The van der Waals surface area contributed by atoms with Gasteiger partial charge in [0.15, 0.2) is 5.76 Å². The first-order valence-corrected chi connectivity index (χ1v) is 10.6. The lowest BCUT2D eigenvalue weighted by Crippen LogP contribution is -2.48. The third kappa shape index (κ3) is 3.57. The number of methoxy groups -OCH3 is 1. The van der Waals surface area contributed by atoms with Crippen molar-refractivity contribution < 1.29 is 13.9 Å². The third-order valence-corrected chi connectivity index (χ3v) is 6.38. The first kappa shape index (κ1) is 18.4. The van der Waals surface area contributed by atoms with Gasteiger partial charge in [-0.15, -0.1) is 0 Å². The van der Waals surface area contributed by atoms with Gasteiger partial charge < -0.3 is 19.0 Å². The average Bonchev–Trinajstić information content (AvgIpc) is 3.20. The molecule has 1 aromatic carbocycles. The van der Waals surface area contributed by atoms with Crippen molar-refractivity contribution in [2.24, 2.45) is 0 Å². The minimum Gasteiger partial charge on any atom is -0.497 e. The molecule has 4 heterocycles. The Kier molecular flexibility index (Phi) is 4.87. The fraction of sp³-hybridized carbons (Fsp3) is 0.478. The molecule has 2 saturated heterocycles. The molecule has 0 unspecified atom stereocenters. The van der Waals surface area contributed by atoms with Crippen molar-refractivity contribution in [2.45, 2.75) is 38.1 Å². The van der Waals surface area contributed by atoms with Gasteiger partial charge >= 0.3 is 0 Å². The zero-order valence-electron chi connectivity index (χ0n) is 16.9. The highest BCUT2D eigenvalue weighted by molar-refractivity contribution is 5.98. The lowest BCUT2D eigenvalue weighted by atomic mass is 10.00. The molecule has 0 spiro atoms. The molecule has 1 amide bonds. The number of hydrogen-bond donors (Lipinski definition) is 0. The Morgan fingerprint density at radius 2 is 1.83 bits per heavy atom. The van der Waals surface area contributed by atoms with E-state index in [0.29, 0.717) is 17.5 Å². The number of benzene rings is 1. The number of furan rings is 1. The normalized spacial score (nSPS) is 19.1. The molecular weight excluding hydrogens is 366 g/mol. The maximum Gasteiger partial charge on any atom is 0.289 e. The molecule has 0 saturated carbocycles. The van der Waals surface area contributed by atoms with Crippen LogP contribution in [0, 0.1) is 0 Å². The van der Waals surface area contributed by atoms with Gasteiger partial charge in [-0.05, 0) is 63.0 Å². The molecule has 0 radical (unpaired) electrons. The molecule has 2 aliphatic heterocycles. The summed E-state index contributed by atoms with van der Waals surface area (Å²) in [6.07, 6.45) is 6.08. The van der Waals surface area contributed by atoms with Crippen LogP contribution in [-0.4, -0.2) is 60.0 Å². The predicted molar refractivity (Wildman–Crippen MR) is 112 cm³/mol. The van der Waals surface area contributed by atoms with Gasteiger partial charge in [-0.2, -0.15) is 0 Å².